The summed E-state index contributed by atoms with van der Waals surface area (Å²) in [5.41, 5.74) is -0.101. The van der Waals surface area contributed by atoms with Gasteiger partial charge in [0.15, 0.2) is 0 Å². The molecule has 0 aliphatic carbocycles. The van der Waals surface area contributed by atoms with Crippen molar-refractivity contribution in [3.05, 3.63) is 33.9 Å². The van der Waals surface area contributed by atoms with Gasteiger partial charge in [0.2, 0.25) is 0 Å². The molecule has 8 heteroatoms. The van der Waals surface area contributed by atoms with E-state index >= 15 is 0 Å². The van der Waals surface area contributed by atoms with E-state index in [0.717, 1.165) is 6.07 Å². The molecule has 0 saturated heterocycles. The van der Waals surface area contributed by atoms with Gasteiger partial charge in [0.25, 0.3) is 5.69 Å². The number of nitrogens with zero attached hydrogens (tertiary/aromatic N) is 1. The van der Waals surface area contributed by atoms with Crippen LogP contribution in [0.2, 0.25) is 0 Å². The summed E-state index contributed by atoms with van der Waals surface area (Å²) in [5, 5.41) is 22.5. The predicted molar refractivity (Wildman–Crippen MR) is 72.1 cm³/mol. The van der Waals surface area contributed by atoms with Crippen molar-refractivity contribution in [2.75, 3.05) is 17.3 Å². The predicted octanol–water partition coefficient (Wildman–Crippen LogP) is 1.47. The molecule has 1 aromatic carbocycles. The molecule has 104 valence electrons. The van der Waals surface area contributed by atoms with E-state index in [-0.39, 0.29) is 23.0 Å². The number of nitrogens with one attached hydrogen (secondary N) is 1. The number of carboxylic acids is 1. The van der Waals surface area contributed by atoms with Crippen molar-refractivity contribution in [2.24, 2.45) is 0 Å². The van der Waals surface area contributed by atoms with Crippen molar-refractivity contribution in [1.82, 2.24) is 0 Å². The van der Waals surface area contributed by atoms with Crippen molar-refractivity contribution in [3.8, 4) is 0 Å². The van der Waals surface area contributed by atoms with E-state index in [9.17, 15) is 19.1 Å². The number of rotatable bonds is 6. The molecule has 0 saturated carbocycles. The Balaban J connectivity index is 3.07. The first-order chi connectivity index (χ1) is 8.81. The smallest absolute Gasteiger partial charge is 0.337 e. The minimum atomic E-state index is -1.18. The monoisotopic (exact) mass is 286 g/mol. The number of hydrogen-bond donors (Lipinski definition) is 2. The number of aromatic carboxylic acids is 1. The fraction of sp³-hybridized carbons (Fsp3) is 0.364. The third kappa shape index (κ3) is 4.32. The van der Waals surface area contributed by atoms with Gasteiger partial charge in [-0.2, -0.15) is 0 Å². The topological polar surface area (TPSA) is 110 Å². The van der Waals surface area contributed by atoms with E-state index in [1.165, 1.54) is 18.4 Å². The molecule has 1 aromatic rings. The second kappa shape index (κ2) is 6.28. The zero-order valence-corrected chi connectivity index (χ0v) is 11.3. The average Bonchev–Trinajstić information content (AvgIpc) is 2.26. The highest BCUT2D eigenvalue weighted by molar-refractivity contribution is 7.84. The molecular formula is C11H14N2O5S. The van der Waals surface area contributed by atoms with E-state index in [0.29, 0.717) is 5.75 Å². The highest BCUT2D eigenvalue weighted by Gasteiger charge is 2.17. The highest BCUT2D eigenvalue weighted by Crippen LogP contribution is 2.23. The maximum Gasteiger partial charge on any atom is 0.337 e. The second-order valence-corrected chi connectivity index (χ2v) is 5.56. The van der Waals surface area contributed by atoms with Crippen LogP contribution in [-0.4, -0.2) is 38.3 Å². The Morgan fingerprint density at radius 2 is 2.21 bits per heavy atom. The molecule has 0 spiro atoms. The zero-order valence-electron chi connectivity index (χ0n) is 10.5. The molecule has 0 bridgehead atoms. The zero-order chi connectivity index (χ0) is 14.6. The number of carboxylic acid groups (broad SMARTS) is 1. The van der Waals surface area contributed by atoms with Gasteiger partial charge in [-0.25, -0.2) is 4.79 Å². The fourth-order valence-electron chi connectivity index (χ4n) is 1.61. The van der Waals surface area contributed by atoms with Gasteiger partial charge in [-0.05, 0) is 13.0 Å². The minimum absolute atomic E-state index is 0.0562. The van der Waals surface area contributed by atoms with Crippen LogP contribution in [0.1, 0.15) is 17.3 Å². The SMILES string of the molecule is CC(CS(C)=O)Nc1cc([N+](=O)[O-])ccc1C(=O)O. The maximum atomic E-state index is 11.1. The molecule has 0 aromatic heterocycles. The highest BCUT2D eigenvalue weighted by atomic mass is 32.2. The van der Waals surface area contributed by atoms with Gasteiger partial charge in [-0.15, -0.1) is 0 Å². The van der Waals surface area contributed by atoms with Crippen molar-refractivity contribution in [3.63, 3.8) is 0 Å². The lowest BCUT2D eigenvalue weighted by Gasteiger charge is -2.15. The molecule has 2 atom stereocenters. The largest absolute Gasteiger partial charge is 0.478 e. The number of hydrogen-bond acceptors (Lipinski definition) is 5. The normalized spacial score (nSPS) is 13.6. The molecule has 0 aliphatic heterocycles. The van der Waals surface area contributed by atoms with Gasteiger partial charge in [0, 0.05) is 41.0 Å². The first kappa shape index (κ1) is 15.1. The molecule has 0 heterocycles. The Kier molecular flexibility index (Phi) is 4.99. The van der Waals surface area contributed by atoms with Crippen LogP contribution in [0.25, 0.3) is 0 Å². The molecule has 0 amide bonds. The summed E-state index contributed by atoms with van der Waals surface area (Å²) in [6.07, 6.45) is 1.53. The first-order valence-corrected chi connectivity index (χ1v) is 7.12. The van der Waals surface area contributed by atoms with Crippen molar-refractivity contribution < 1.29 is 19.0 Å². The molecular weight excluding hydrogens is 272 g/mol. The summed E-state index contributed by atoms with van der Waals surface area (Å²) in [6, 6.07) is 3.22. The van der Waals surface area contributed by atoms with Crippen LogP contribution in [0.15, 0.2) is 18.2 Å². The first-order valence-electron chi connectivity index (χ1n) is 5.39. The minimum Gasteiger partial charge on any atom is -0.478 e. The summed E-state index contributed by atoms with van der Waals surface area (Å²) in [6.45, 7) is 1.73. The number of nitro benzene ring substituents is 1. The van der Waals surface area contributed by atoms with Gasteiger partial charge in [-0.1, -0.05) is 0 Å². The number of carbonyl (C=O) groups is 1. The molecule has 2 N–H and O–H groups in total. The lowest BCUT2D eigenvalue weighted by atomic mass is 10.1. The Morgan fingerprint density at radius 3 is 2.68 bits per heavy atom. The second-order valence-electron chi connectivity index (χ2n) is 4.08. The third-order valence-electron chi connectivity index (χ3n) is 2.33. The Bertz CT molecular complexity index is 532. The van der Waals surface area contributed by atoms with Crippen molar-refractivity contribution in [2.45, 2.75) is 13.0 Å². The maximum absolute atomic E-state index is 11.1. The van der Waals surface area contributed by atoms with Gasteiger partial charge in [-0.3, -0.25) is 14.3 Å². The quantitative estimate of drug-likeness (QED) is 0.605. The molecule has 7 nitrogen and oxygen atoms in total. The van der Waals surface area contributed by atoms with E-state index < -0.39 is 21.7 Å². The summed E-state index contributed by atoms with van der Waals surface area (Å²) < 4.78 is 11.1. The average molecular weight is 286 g/mol. The number of nitro groups is 1. The molecule has 0 fully saturated rings. The fourth-order valence-corrected chi connectivity index (χ4v) is 2.40. The van der Waals surface area contributed by atoms with Crippen LogP contribution in [0.5, 0.6) is 0 Å². The number of anilines is 1. The van der Waals surface area contributed by atoms with E-state index in [1.54, 1.807) is 6.92 Å². The lowest BCUT2D eigenvalue weighted by Crippen LogP contribution is -2.23. The third-order valence-corrected chi connectivity index (χ3v) is 3.30. The Morgan fingerprint density at radius 1 is 1.58 bits per heavy atom. The van der Waals surface area contributed by atoms with E-state index in [2.05, 4.69) is 5.32 Å². The van der Waals surface area contributed by atoms with Crippen molar-refractivity contribution in [1.29, 1.82) is 0 Å². The van der Waals surface area contributed by atoms with Crippen LogP contribution in [0.4, 0.5) is 11.4 Å². The molecule has 2 unspecified atom stereocenters. The molecule has 1 rings (SSSR count). The summed E-state index contributed by atoms with van der Waals surface area (Å²) in [4.78, 5) is 21.1. The van der Waals surface area contributed by atoms with Crippen LogP contribution in [0.3, 0.4) is 0 Å². The summed E-state index contributed by atoms with van der Waals surface area (Å²) in [5.74, 6) is -0.857. The Hall–Kier alpha value is -1.96. The standard InChI is InChI=1S/C11H14N2O5S/c1-7(6-19(2)18)12-10-5-8(13(16)17)3-4-9(10)11(14)15/h3-5,7,12H,6H2,1-2H3,(H,14,15). The van der Waals surface area contributed by atoms with E-state index in [1.807, 2.05) is 0 Å². The molecule has 0 aliphatic rings. The number of benzene rings is 1. The van der Waals surface area contributed by atoms with E-state index in [4.69, 9.17) is 5.11 Å². The molecule has 0 radical (unpaired) electrons. The van der Waals surface area contributed by atoms with Gasteiger partial charge in [0.05, 0.1) is 16.2 Å². The lowest BCUT2D eigenvalue weighted by molar-refractivity contribution is -0.384. The van der Waals surface area contributed by atoms with Crippen molar-refractivity contribution >= 4 is 28.1 Å². The summed E-state index contributed by atoms with van der Waals surface area (Å²) in [7, 11) is -1.04. The number of non-ortho nitro benzene ring substituents is 1. The van der Waals surface area contributed by atoms with Gasteiger partial charge in [0.1, 0.15) is 0 Å². The van der Waals surface area contributed by atoms with Crippen LogP contribution in [0, 0.1) is 10.1 Å². The van der Waals surface area contributed by atoms with Crippen LogP contribution >= 0.6 is 0 Å². The van der Waals surface area contributed by atoms with Crippen LogP contribution in [-0.2, 0) is 10.8 Å². The molecule has 19 heavy (non-hydrogen) atoms. The Labute approximate surface area is 112 Å². The van der Waals surface area contributed by atoms with Gasteiger partial charge >= 0.3 is 5.97 Å². The van der Waals surface area contributed by atoms with Gasteiger partial charge < -0.3 is 10.4 Å². The van der Waals surface area contributed by atoms with Crippen LogP contribution < -0.4 is 5.32 Å². The summed E-state index contributed by atoms with van der Waals surface area (Å²) >= 11 is 0.